The van der Waals surface area contributed by atoms with Crippen LogP contribution >= 0.6 is 11.6 Å². The third kappa shape index (κ3) is 3.50. The van der Waals surface area contributed by atoms with Crippen LogP contribution in [0.1, 0.15) is 37.0 Å². The van der Waals surface area contributed by atoms with Crippen molar-refractivity contribution in [2.24, 2.45) is 0 Å². The molecular weight excluding hydrogens is 356 g/mol. The number of likely N-dealkylation sites (tertiary alicyclic amines) is 1. The molecule has 0 bridgehead atoms. The number of hydrogen-bond donors (Lipinski definition) is 0. The number of nitrogens with zero attached hydrogens (tertiary/aromatic N) is 2. The van der Waals surface area contributed by atoms with Crippen LogP contribution in [-0.2, 0) is 4.74 Å². The van der Waals surface area contributed by atoms with Gasteiger partial charge in [-0.15, -0.1) is 0 Å². The van der Waals surface area contributed by atoms with Crippen molar-refractivity contribution in [3.8, 4) is 11.5 Å². The minimum absolute atomic E-state index is 0.0158. The smallest absolute Gasteiger partial charge is 0.254 e. The number of rotatable bonds is 3. The summed E-state index contributed by atoms with van der Waals surface area (Å²) in [5.74, 6) is 1.09. The van der Waals surface area contributed by atoms with Crippen molar-refractivity contribution in [1.29, 1.82) is 0 Å². The molecule has 0 radical (unpaired) electrons. The van der Waals surface area contributed by atoms with E-state index >= 15 is 0 Å². The third-order valence-electron chi connectivity index (χ3n) is 5.28. The molecule has 2 fully saturated rings. The molecule has 1 amide bonds. The van der Waals surface area contributed by atoms with Crippen LogP contribution < -0.4 is 9.47 Å². The van der Waals surface area contributed by atoms with Crippen LogP contribution in [0, 0.1) is 0 Å². The molecule has 3 aliphatic heterocycles. The van der Waals surface area contributed by atoms with Crippen LogP contribution in [0.5, 0.6) is 11.5 Å². The van der Waals surface area contributed by atoms with Gasteiger partial charge in [0.1, 0.15) is 0 Å². The van der Waals surface area contributed by atoms with Gasteiger partial charge in [-0.3, -0.25) is 9.69 Å². The fraction of sp³-hybridized carbons (Fsp3) is 0.632. The van der Waals surface area contributed by atoms with Gasteiger partial charge in [-0.25, -0.2) is 0 Å². The fourth-order valence-corrected chi connectivity index (χ4v) is 4.55. The summed E-state index contributed by atoms with van der Waals surface area (Å²) in [5, 5.41) is 0.426. The Balaban J connectivity index is 1.48. The molecule has 3 heterocycles. The summed E-state index contributed by atoms with van der Waals surface area (Å²) in [6.07, 6.45) is 2.53. The van der Waals surface area contributed by atoms with Crippen LogP contribution in [0.3, 0.4) is 0 Å². The highest BCUT2D eigenvalue weighted by Gasteiger charge is 2.33. The molecule has 1 aromatic carbocycles. The van der Waals surface area contributed by atoms with E-state index in [1.807, 2.05) is 4.90 Å². The maximum Gasteiger partial charge on any atom is 0.254 e. The van der Waals surface area contributed by atoms with Crippen molar-refractivity contribution in [2.45, 2.75) is 44.9 Å². The zero-order valence-electron chi connectivity index (χ0n) is 15.2. The van der Waals surface area contributed by atoms with Gasteiger partial charge in [-0.05, 0) is 38.8 Å². The third-order valence-corrected chi connectivity index (χ3v) is 5.56. The Morgan fingerprint density at radius 1 is 1.23 bits per heavy atom. The van der Waals surface area contributed by atoms with Gasteiger partial charge in [0.2, 0.25) is 6.79 Å². The van der Waals surface area contributed by atoms with E-state index < -0.39 is 0 Å². The zero-order valence-corrected chi connectivity index (χ0v) is 16.0. The zero-order chi connectivity index (χ0) is 18.3. The summed E-state index contributed by atoms with van der Waals surface area (Å²) in [6.45, 7) is 7.86. The molecule has 3 unspecified atom stereocenters. The van der Waals surface area contributed by atoms with Crippen molar-refractivity contribution in [1.82, 2.24) is 9.80 Å². The van der Waals surface area contributed by atoms with Crippen molar-refractivity contribution >= 4 is 17.5 Å². The SMILES string of the molecule is CC1CN(CC2CCCN2C(=O)c2cc(Cl)c3c(c2)OCO3)CC(C)O1. The standard InChI is InChI=1S/C19H25ClN2O4/c1-12-8-21(9-13(2)26-12)10-15-4-3-5-22(15)19(23)14-6-16(20)18-17(7-14)24-11-25-18/h6-7,12-13,15H,3-5,8-11H2,1-2H3. The highest BCUT2D eigenvalue weighted by molar-refractivity contribution is 6.32. The number of morpholine rings is 1. The Kier molecular flexibility index (Phi) is 4.99. The number of ether oxygens (including phenoxy) is 3. The topological polar surface area (TPSA) is 51.2 Å². The number of carbonyl (C=O) groups excluding carboxylic acids is 1. The molecule has 3 aliphatic rings. The van der Waals surface area contributed by atoms with Crippen molar-refractivity contribution in [2.75, 3.05) is 33.0 Å². The summed E-state index contributed by atoms with van der Waals surface area (Å²) >= 11 is 6.25. The number of benzene rings is 1. The fourth-order valence-electron chi connectivity index (χ4n) is 4.28. The molecule has 4 rings (SSSR count). The van der Waals surface area contributed by atoms with Crippen molar-refractivity contribution < 1.29 is 19.0 Å². The van der Waals surface area contributed by atoms with E-state index in [1.54, 1.807) is 12.1 Å². The molecule has 6 nitrogen and oxygen atoms in total. The van der Waals surface area contributed by atoms with Gasteiger partial charge < -0.3 is 19.1 Å². The van der Waals surface area contributed by atoms with Crippen molar-refractivity contribution in [3.63, 3.8) is 0 Å². The second kappa shape index (κ2) is 7.25. The maximum atomic E-state index is 13.1. The summed E-state index contributed by atoms with van der Waals surface area (Å²) in [6, 6.07) is 3.65. The predicted molar refractivity (Wildman–Crippen MR) is 98.1 cm³/mol. The van der Waals surface area contributed by atoms with E-state index in [4.69, 9.17) is 25.8 Å². The summed E-state index contributed by atoms with van der Waals surface area (Å²) < 4.78 is 16.6. The molecule has 0 N–H and O–H groups in total. The first-order valence-corrected chi connectivity index (χ1v) is 9.67. The second-order valence-corrected chi connectivity index (χ2v) is 7.87. The van der Waals surface area contributed by atoms with Gasteiger partial charge >= 0.3 is 0 Å². The molecule has 0 aromatic heterocycles. The predicted octanol–water partition coefficient (Wildman–Crippen LogP) is 2.78. The Morgan fingerprint density at radius 2 is 2.00 bits per heavy atom. The Morgan fingerprint density at radius 3 is 2.77 bits per heavy atom. The Labute approximate surface area is 158 Å². The molecule has 0 aliphatic carbocycles. The normalized spacial score (nSPS) is 28.6. The molecule has 142 valence electrons. The van der Waals surface area contributed by atoms with Crippen LogP contribution in [0.25, 0.3) is 0 Å². The molecular formula is C19H25ClN2O4. The van der Waals surface area contributed by atoms with Gasteiger partial charge in [0.15, 0.2) is 11.5 Å². The minimum atomic E-state index is 0.0158. The molecule has 0 spiro atoms. The summed E-state index contributed by atoms with van der Waals surface area (Å²) in [5.41, 5.74) is 0.565. The van der Waals surface area contributed by atoms with Crippen LogP contribution in [0.15, 0.2) is 12.1 Å². The lowest BCUT2D eigenvalue weighted by Crippen LogP contribution is -2.50. The lowest BCUT2D eigenvalue weighted by Gasteiger charge is -2.38. The van der Waals surface area contributed by atoms with Crippen LogP contribution in [-0.4, -0.2) is 66.9 Å². The molecule has 26 heavy (non-hydrogen) atoms. The molecule has 7 heteroatoms. The van der Waals surface area contributed by atoms with E-state index in [1.165, 1.54) is 0 Å². The van der Waals surface area contributed by atoms with Gasteiger partial charge in [0.05, 0.1) is 17.2 Å². The molecule has 3 atom stereocenters. The van der Waals surface area contributed by atoms with Gasteiger partial charge in [0, 0.05) is 37.8 Å². The van der Waals surface area contributed by atoms with Gasteiger partial charge in [-0.1, -0.05) is 11.6 Å². The Hall–Kier alpha value is -1.50. The molecule has 2 saturated heterocycles. The molecule has 0 saturated carbocycles. The average molecular weight is 381 g/mol. The number of hydrogen-bond acceptors (Lipinski definition) is 5. The lowest BCUT2D eigenvalue weighted by atomic mass is 10.1. The van der Waals surface area contributed by atoms with E-state index in [0.717, 1.165) is 39.0 Å². The van der Waals surface area contributed by atoms with Crippen molar-refractivity contribution in [3.05, 3.63) is 22.7 Å². The second-order valence-electron chi connectivity index (χ2n) is 7.46. The van der Waals surface area contributed by atoms with E-state index in [9.17, 15) is 4.79 Å². The average Bonchev–Trinajstić information content (AvgIpc) is 3.22. The van der Waals surface area contributed by atoms with Crippen LogP contribution in [0.2, 0.25) is 5.02 Å². The highest BCUT2D eigenvalue weighted by atomic mass is 35.5. The quantitative estimate of drug-likeness (QED) is 0.807. The van der Waals surface area contributed by atoms with Gasteiger partial charge in [-0.2, -0.15) is 0 Å². The number of carbonyl (C=O) groups is 1. The van der Waals surface area contributed by atoms with Crippen LogP contribution in [0.4, 0.5) is 0 Å². The first kappa shape index (κ1) is 17.9. The van der Waals surface area contributed by atoms with E-state index in [0.29, 0.717) is 22.1 Å². The monoisotopic (exact) mass is 380 g/mol. The first-order chi connectivity index (χ1) is 12.5. The largest absolute Gasteiger partial charge is 0.454 e. The highest BCUT2D eigenvalue weighted by Crippen LogP contribution is 2.40. The summed E-state index contributed by atoms with van der Waals surface area (Å²) in [4.78, 5) is 17.5. The number of fused-ring (bicyclic) bond motifs is 1. The number of halogens is 1. The first-order valence-electron chi connectivity index (χ1n) is 9.29. The number of amides is 1. The van der Waals surface area contributed by atoms with Gasteiger partial charge in [0.25, 0.3) is 5.91 Å². The molecule has 1 aromatic rings. The minimum Gasteiger partial charge on any atom is -0.454 e. The van der Waals surface area contributed by atoms with E-state index in [2.05, 4.69) is 18.7 Å². The van der Waals surface area contributed by atoms with E-state index in [-0.39, 0.29) is 30.9 Å². The Bertz CT molecular complexity index is 688. The summed E-state index contributed by atoms with van der Waals surface area (Å²) in [7, 11) is 0. The maximum absolute atomic E-state index is 13.1. The lowest BCUT2D eigenvalue weighted by molar-refractivity contribution is -0.0715.